The molecular formula is C15H24N2O2. The molecule has 0 bridgehead atoms. The van der Waals surface area contributed by atoms with Gasteiger partial charge in [-0.15, -0.1) is 0 Å². The minimum absolute atomic E-state index is 0.755. The van der Waals surface area contributed by atoms with Crippen molar-refractivity contribution in [2.75, 3.05) is 38.8 Å². The molecule has 1 aromatic carbocycles. The van der Waals surface area contributed by atoms with E-state index in [1.165, 1.54) is 25.9 Å². The third-order valence-corrected chi connectivity index (χ3v) is 3.63. The summed E-state index contributed by atoms with van der Waals surface area (Å²) in [7, 11) is 1.60. The molecule has 0 amide bonds. The van der Waals surface area contributed by atoms with Gasteiger partial charge in [0, 0.05) is 6.54 Å². The zero-order valence-corrected chi connectivity index (χ0v) is 11.9. The summed E-state index contributed by atoms with van der Waals surface area (Å²) < 4.78 is 5.76. The van der Waals surface area contributed by atoms with Crippen LogP contribution in [0.15, 0.2) is 24.3 Å². The van der Waals surface area contributed by atoms with E-state index in [9.17, 15) is 0 Å². The highest BCUT2D eigenvalue weighted by atomic mass is 16.6. The Morgan fingerprint density at radius 1 is 1.21 bits per heavy atom. The summed E-state index contributed by atoms with van der Waals surface area (Å²) in [6.45, 7) is 6.53. The first-order valence-corrected chi connectivity index (χ1v) is 7.02. The van der Waals surface area contributed by atoms with Gasteiger partial charge >= 0.3 is 0 Å². The summed E-state index contributed by atoms with van der Waals surface area (Å²) in [5, 5.41) is 0. The second-order valence-electron chi connectivity index (χ2n) is 5.20. The fourth-order valence-electron chi connectivity index (χ4n) is 2.32. The molecule has 1 saturated heterocycles. The van der Waals surface area contributed by atoms with Crippen LogP contribution < -0.4 is 10.2 Å². The molecule has 1 N–H and O–H groups in total. The van der Waals surface area contributed by atoms with Crippen molar-refractivity contribution in [2.45, 2.75) is 19.8 Å². The Morgan fingerprint density at radius 3 is 2.53 bits per heavy atom. The number of benzene rings is 1. The number of hydrogen-bond donors (Lipinski definition) is 1. The number of anilines is 1. The second kappa shape index (κ2) is 7.36. The molecule has 2 rings (SSSR count). The molecule has 4 nitrogen and oxygen atoms in total. The third kappa shape index (κ3) is 4.73. The minimum atomic E-state index is 0.755. The van der Waals surface area contributed by atoms with Crippen LogP contribution in [0.5, 0.6) is 5.75 Å². The van der Waals surface area contributed by atoms with Gasteiger partial charge in [0.1, 0.15) is 12.4 Å². The van der Waals surface area contributed by atoms with Gasteiger partial charge in [-0.05, 0) is 56.1 Å². The molecule has 0 radical (unpaired) electrons. The maximum Gasteiger partial charge on any atom is 0.119 e. The van der Waals surface area contributed by atoms with Crippen LogP contribution in [0.3, 0.4) is 0 Å². The molecule has 1 aliphatic heterocycles. The molecule has 0 saturated carbocycles. The zero-order chi connectivity index (χ0) is 13.5. The van der Waals surface area contributed by atoms with E-state index in [1.54, 1.807) is 7.11 Å². The van der Waals surface area contributed by atoms with Gasteiger partial charge in [-0.2, -0.15) is 0 Å². The van der Waals surface area contributed by atoms with E-state index in [2.05, 4.69) is 17.3 Å². The molecule has 0 unspecified atom stereocenters. The Morgan fingerprint density at radius 2 is 1.89 bits per heavy atom. The molecular weight excluding hydrogens is 240 g/mol. The first kappa shape index (κ1) is 14.2. The highest BCUT2D eigenvalue weighted by Gasteiger charge is 2.14. The quantitative estimate of drug-likeness (QED) is 0.801. The van der Waals surface area contributed by atoms with E-state index < -0.39 is 0 Å². The van der Waals surface area contributed by atoms with Gasteiger partial charge in [0.05, 0.1) is 12.8 Å². The average molecular weight is 264 g/mol. The normalized spacial score (nSPS) is 17.4. The van der Waals surface area contributed by atoms with Gasteiger partial charge < -0.3 is 4.74 Å². The van der Waals surface area contributed by atoms with E-state index in [0.29, 0.717) is 0 Å². The van der Waals surface area contributed by atoms with Crippen LogP contribution in [0, 0.1) is 5.92 Å². The van der Waals surface area contributed by atoms with E-state index in [-0.39, 0.29) is 0 Å². The number of ether oxygens (including phenoxy) is 1. The number of nitrogens with zero attached hydrogens (tertiary/aromatic N) is 1. The number of piperidine rings is 1. The SMILES string of the molecule is CONc1ccc(OCCN2CCC(C)CC2)cc1. The Bertz CT molecular complexity index is 359. The fourth-order valence-corrected chi connectivity index (χ4v) is 2.32. The lowest BCUT2D eigenvalue weighted by Crippen LogP contribution is -2.35. The van der Waals surface area contributed by atoms with Gasteiger partial charge in [-0.25, -0.2) is 0 Å². The number of likely N-dealkylation sites (tertiary alicyclic amines) is 1. The maximum absolute atomic E-state index is 5.76. The predicted molar refractivity (Wildman–Crippen MR) is 77.4 cm³/mol. The summed E-state index contributed by atoms with van der Waals surface area (Å²) in [5.74, 6) is 1.80. The van der Waals surface area contributed by atoms with E-state index in [4.69, 9.17) is 9.57 Å². The van der Waals surface area contributed by atoms with Crippen molar-refractivity contribution >= 4 is 5.69 Å². The molecule has 1 fully saturated rings. The summed E-state index contributed by atoms with van der Waals surface area (Å²) >= 11 is 0. The van der Waals surface area contributed by atoms with E-state index in [1.807, 2.05) is 24.3 Å². The molecule has 1 aromatic rings. The summed E-state index contributed by atoms with van der Waals surface area (Å²) in [6, 6.07) is 7.81. The van der Waals surface area contributed by atoms with E-state index >= 15 is 0 Å². The maximum atomic E-state index is 5.76. The van der Waals surface area contributed by atoms with Crippen LogP contribution in [-0.2, 0) is 4.84 Å². The van der Waals surface area contributed by atoms with Crippen LogP contribution in [-0.4, -0.2) is 38.3 Å². The Kier molecular flexibility index (Phi) is 5.48. The number of hydrogen-bond acceptors (Lipinski definition) is 4. The van der Waals surface area contributed by atoms with Crippen molar-refractivity contribution in [2.24, 2.45) is 5.92 Å². The number of rotatable bonds is 6. The van der Waals surface area contributed by atoms with Crippen molar-refractivity contribution in [1.29, 1.82) is 0 Å². The molecule has 1 aliphatic rings. The average Bonchev–Trinajstić information content (AvgIpc) is 2.43. The molecule has 19 heavy (non-hydrogen) atoms. The third-order valence-electron chi connectivity index (χ3n) is 3.63. The van der Waals surface area contributed by atoms with Gasteiger partial charge in [-0.3, -0.25) is 15.2 Å². The topological polar surface area (TPSA) is 33.7 Å². The first-order valence-electron chi connectivity index (χ1n) is 7.02. The molecule has 0 atom stereocenters. The van der Waals surface area contributed by atoms with Gasteiger partial charge in [0.25, 0.3) is 0 Å². The van der Waals surface area contributed by atoms with Crippen LogP contribution in [0.4, 0.5) is 5.69 Å². The van der Waals surface area contributed by atoms with Crippen molar-refractivity contribution in [3.05, 3.63) is 24.3 Å². The molecule has 1 heterocycles. The highest BCUT2D eigenvalue weighted by molar-refractivity contribution is 5.44. The fraction of sp³-hybridized carbons (Fsp3) is 0.600. The Balaban J connectivity index is 1.67. The van der Waals surface area contributed by atoms with Crippen LogP contribution >= 0.6 is 0 Å². The lowest BCUT2D eigenvalue weighted by Gasteiger charge is -2.29. The highest BCUT2D eigenvalue weighted by Crippen LogP contribution is 2.17. The largest absolute Gasteiger partial charge is 0.492 e. The predicted octanol–water partition coefficient (Wildman–Crippen LogP) is 2.77. The monoisotopic (exact) mass is 264 g/mol. The standard InChI is InChI=1S/C15H24N2O2/c1-13-7-9-17(10-8-13)11-12-19-15-5-3-14(4-6-15)16-18-2/h3-6,13,16H,7-12H2,1-2H3. The van der Waals surface area contributed by atoms with Crippen LogP contribution in [0.2, 0.25) is 0 Å². The van der Waals surface area contributed by atoms with Gasteiger partial charge in [0.2, 0.25) is 0 Å². The van der Waals surface area contributed by atoms with Crippen molar-refractivity contribution in [3.63, 3.8) is 0 Å². The second-order valence-corrected chi connectivity index (χ2v) is 5.20. The van der Waals surface area contributed by atoms with Gasteiger partial charge in [-0.1, -0.05) is 6.92 Å². The summed E-state index contributed by atoms with van der Waals surface area (Å²) in [6.07, 6.45) is 2.63. The summed E-state index contributed by atoms with van der Waals surface area (Å²) in [4.78, 5) is 7.33. The zero-order valence-electron chi connectivity index (χ0n) is 11.9. The van der Waals surface area contributed by atoms with Crippen LogP contribution in [0.25, 0.3) is 0 Å². The Labute approximate surface area is 115 Å². The smallest absolute Gasteiger partial charge is 0.119 e. The lowest BCUT2D eigenvalue weighted by atomic mass is 9.99. The first-order chi connectivity index (χ1) is 9.28. The van der Waals surface area contributed by atoms with Crippen molar-refractivity contribution in [3.8, 4) is 5.75 Å². The lowest BCUT2D eigenvalue weighted by molar-refractivity contribution is 0.160. The molecule has 0 aliphatic carbocycles. The summed E-state index contributed by atoms with van der Waals surface area (Å²) in [5.41, 5.74) is 3.71. The Hall–Kier alpha value is -1.26. The number of nitrogens with one attached hydrogen (secondary N) is 1. The van der Waals surface area contributed by atoms with Crippen LogP contribution in [0.1, 0.15) is 19.8 Å². The van der Waals surface area contributed by atoms with E-state index in [0.717, 1.165) is 30.5 Å². The minimum Gasteiger partial charge on any atom is -0.492 e. The van der Waals surface area contributed by atoms with Crippen molar-refractivity contribution < 1.29 is 9.57 Å². The molecule has 0 spiro atoms. The molecule has 4 heteroatoms. The molecule has 0 aromatic heterocycles. The van der Waals surface area contributed by atoms with Crippen molar-refractivity contribution in [1.82, 2.24) is 4.90 Å². The van der Waals surface area contributed by atoms with Gasteiger partial charge in [0.15, 0.2) is 0 Å². The molecule has 106 valence electrons.